The molecule has 1 unspecified atom stereocenters. The van der Waals surface area contributed by atoms with E-state index in [1.54, 1.807) is 66.2 Å². The lowest BCUT2D eigenvalue weighted by atomic mass is 9.88. The highest BCUT2D eigenvalue weighted by Crippen LogP contribution is 2.31. The van der Waals surface area contributed by atoms with E-state index in [1.807, 2.05) is 37.3 Å². The first-order valence-electron chi connectivity index (χ1n) is 11.3. The first-order chi connectivity index (χ1) is 16.8. The molecule has 0 radical (unpaired) electrons. The third-order valence-electron chi connectivity index (χ3n) is 6.45. The van der Waals surface area contributed by atoms with E-state index < -0.39 is 16.1 Å². The Labute approximate surface area is 204 Å². The normalized spacial score (nSPS) is 13.9. The summed E-state index contributed by atoms with van der Waals surface area (Å²) in [6, 6.07) is 23.9. The van der Waals surface area contributed by atoms with Gasteiger partial charge in [-0.2, -0.15) is 0 Å². The first kappa shape index (κ1) is 23.0. The predicted molar refractivity (Wildman–Crippen MR) is 133 cm³/mol. The van der Waals surface area contributed by atoms with Gasteiger partial charge in [-0.05, 0) is 30.7 Å². The van der Waals surface area contributed by atoms with Crippen LogP contribution in [0.2, 0.25) is 0 Å². The molecule has 0 amide bonds. The molecule has 7 heteroatoms. The van der Waals surface area contributed by atoms with Crippen LogP contribution in [0, 0.1) is 6.92 Å². The Bertz CT molecular complexity index is 1550. The van der Waals surface area contributed by atoms with E-state index in [4.69, 9.17) is 0 Å². The van der Waals surface area contributed by atoms with Crippen LogP contribution in [0.25, 0.3) is 0 Å². The van der Waals surface area contributed by atoms with Gasteiger partial charge in [0.2, 0.25) is 15.8 Å². The highest BCUT2D eigenvalue weighted by atomic mass is 32.2. The SMILES string of the molecule is Cc1ccc(S(=O)(=O)NC(Cc2cc3c(n2C)C(=O)c2ccccc2C3=O)c2ccccc2)cc1. The van der Waals surface area contributed by atoms with Gasteiger partial charge in [-0.1, -0.05) is 72.3 Å². The van der Waals surface area contributed by atoms with E-state index in [2.05, 4.69) is 4.72 Å². The van der Waals surface area contributed by atoms with Crippen LogP contribution in [-0.4, -0.2) is 24.6 Å². The molecule has 4 aromatic rings. The molecule has 0 aliphatic heterocycles. The molecule has 1 aliphatic carbocycles. The molecular weight excluding hydrogens is 460 g/mol. The molecule has 0 spiro atoms. The van der Waals surface area contributed by atoms with Crippen molar-refractivity contribution >= 4 is 21.6 Å². The number of sulfonamides is 1. The Morgan fingerprint density at radius 2 is 1.40 bits per heavy atom. The Kier molecular flexibility index (Phi) is 5.75. The van der Waals surface area contributed by atoms with E-state index in [0.29, 0.717) is 28.1 Å². The smallest absolute Gasteiger partial charge is 0.241 e. The van der Waals surface area contributed by atoms with Crippen molar-refractivity contribution in [3.8, 4) is 0 Å². The Balaban J connectivity index is 1.53. The van der Waals surface area contributed by atoms with Crippen LogP contribution in [0.5, 0.6) is 0 Å². The number of ketones is 2. The molecule has 176 valence electrons. The number of aryl methyl sites for hydroxylation is 1. The number of aromatic nitrogens is 1. The Hall–Kier alpha value is -3.81. The second-order valence-electron chi connectivity index (χ2n) is 8.76. The topological polar surface area (TPSA) is 85.2 Å². The van der Waals surface area contributed by atoms with E-state index in [1.165, 1.54) is 0 Å². The summed E-state index contributed by atoms with van der Waals surface area (Å²) in [6.45, 7) is 1.90. The number of carbonyl (C=O) groups excluding carboxylic acids is 2. The number of carbonyl (C=O) groups is 2. The highest BCUT2D eigenvalue weighted by Gasteiger charge is 2.34. The summed E-state index contributed by atoms with van der Waals surface area (Å²) in [4.78, 5) is 26.5. The van der Waals surface area contributed by atoms with Crippen molar-refractivity contribution in [1.29, 1.82) is 0 Å². The van der Waals surface area contributed by atoms with Crippen LogP contribution in [-0.2, 0) is 23.5 Å². The summed E-state index contributed by atoms with van der Waals surface area (Å²) in [5.74, 6) is -0.408. The van der Waals surface area contributed by atoms with E-state index in [-0.39, 0.29) is 22.9 Å². The van der Waals surface area contributed by atoms with Crippen molar-refractivity contribution in [3.63, 3.8) is 0 Å². The lowest BCUT2D eigenvalue weighted by Crippen LogP contribution is -2.30. The van der Waals surface area contributed by atoms with Gasteiger partial charge in [0.15, 0.2) is 5.78 Å². The third-order valence-corrected chi connectivity index (χ3v) is 7.94. The number of nitrogens with zero attached hydrogens (tertiary/aromatic N) is 1. The minimum atomic E-state index is -3.82. The second-order valence-corrected chi connectivity index (χ2v) is 10.5. The quantitative estimate of drug-likeness (QED) is 0.388. The van der Waals surface area contributed by atoms with Gasteiger partial charge >= 0.3 is 0 Å². The molecule has 3 aromatic carbocycles. The van der Waals surface area contributed by atoms with Crippen LogP contribution >= 0.6 is 0 Å². The summed E-state index contributed by atoms with van der Waals surface area (Å²) in [5, 5.41) is 0. The molecule has 1 aliphatic rings. The molecule has 1 N–H and O–H groups in total. The minimum Gasteiger partial charge on any atom is -0.344 e. The molecular formula is C28H24N2O4S. The zero-order valence-corrected chi connectivity index (χ0v) is 20.2. The van der Waals surface area contributed by atoms with Gasteiger partial charge in [-0.25, -0.2) is 13.1 Å². The van der Waals surface area contributed by atoms with Crippen LogP contribution in [0.15, 0.2) is 89.8 Å². The predicted octanol–water partition coefficient (Wildman–Crippen LogP) is 4.37. The van der Waals surface area contributed by atoms with Crippen LogP contribution < -0.4 is 4.72 Å². The van der Waals surface area contributed by atoms with Crippen LogP contribution in [0.1, 0.15) is 54.8 Å². The maximum absolute atomic E-state index is 13.2. The van der Waals surface area contributed by atoms with Gasteiger partial charge in [0.25, 0.3) is 0 Å². The van der Waals surface area contributed by atoms with Crippen molar-refractivity contribution in [2.75, 3.05) is 0 Å². The van der Waals surface area contributed by atoms with E-state index in [9.17, 15) is 18.0 Å². The molecule has 6 nitrogen and oxygen atoms in total. The summed E-state index contributed by atoms with van der Waals surface area (Å²) in [6.07, 6.45) is 0.259. The van der Waals surface area contributed by atoms with Gasteiger partial charge < -0.3 is 4.57 Å². The van der Waals surface area contributed by atoms with Crippen molar-refractivity contribution in [2.24, 2.45) is 7.05 Å². The van der Waals surface area contributed by atoms with Gasteiger partial charge in [0, 0.05) is 30.3 Å². The molecule has 0 bridgehead atoms. The summed E-state index contributed by atoms with van der Waals surface area (Å²) < 4.78 is 31.0. The third kappa shape index (κ3) is 4.13. The van der Waals surface area contributed by atoms with Crippen molar-refractivity contribution in [1.82, 2.24) is 9.29 Å². The fraction of sp³-hybridized carbons (Fsp3) is 0.143. The zero-order valence-electron chi connectivity index (χ0n) is 19.4. The summed E-state index contributed by atoms with van der Waals surface area (Å²) in [5.41, 5.74) is 3.89. The number of nitrogens with one attached hydrogen (secondary N) is 1. The fourth-order valence-electron chi connectivity index (χ4n) is 4.55. The highest BCUT2D eigenvalue weighted by molar-refractivity contribution is 7.89. The van der Waals surface area contributed by atoms with Crippen LogP contribution in [0.3, 0.4) is 0 Å². The van der Waals surface area contributed by atoms with Crippen molar-refractivity contribution < 1.29 is 18.0 Å². The number of hydrogen-bond donors (Lipinski definition) is 1. The average Bonchev–Trinajstić information content (AvgIpc) is 3.19. The molecule has 1 heterocycles. The Morgan fingerprint density at radius 3 is 2.06 bits per heavy atom. The number of hydrogen-bond acceptors (Lipinski definition) is 4. The molecule has 5 rings (SSSR count). The van der Waals surface area contributed by atoms with E-state index >= 15 is 0 Å². The molecule has 0 saturated carbocycles. The summed E-state index contributed by atoms with van der Waals surface area (Å²) in [7, 11) is -2.08. The zero-order chi connectivity index (χ0) is 24.7. The van der Waals surface area contributed by atoms with Crippen molar-refractivity contribution in [2.45, 2.75) is 24.3 Å². The van der Waals surface area contributed by atoms with Crippen molar-refractivity contribution in [3.05, 3.63) is 124 Å². The minimum absolute atomic E-state index is 0.177. The largest absolute Gasteiger partial charge is 0.344 e. The fourth-order valence-corrected chi connectivity index (χ4v) is 5.77. The summed E-state index contributed by atoms with van der Waals surface area (Å²) >= 11 is 0. The van der Waals surface area contributed by atoms with Crippen LogP contribution in [0.4, 0.5) is 0 Å². The lowest BCUT2D eigenvalue weighted by Gasteiger charge is -2.20. The maximum Gasteiger partial charge on any atom is 0.241 e. The Morgan fingerprint density at radius 1 is 0.800 bits per heavy atom. The molecule has 0 fully saturated rings. The van der Waals surface area contributed by atoms with Gasteiger partial charge in [-0.15, -0.1) is 0 Å². The van der Waals surface area contributed by atoms with E-state index in [0.717, 1.165) is 11.1 Å². The molecule has 0 saturated heterocycles. The number of fused-ring (bicyclic) bond motifs is 2. The monoisotopic (exact) mass is 484 g/mol. The first-order valence-corrected chi connectivity index (χ1v) is 12.8. The molecule has 1 atom stereocenters. The second kappa shape index (κ2) is 8.76. The number of benzene rings is 3. The molecule has 35 heavy (non-hydrogen) atoms. The standard InChI is InChI=1S/C28H24N2O4S/c1-18-12-14-21(15-13-18)35(33,34)29-25(19-8-4-3-5-9-19)17-20-16-24-26(30(20)2)28(32)23-11-7-6-10-22(23)27(24)31/h3-16,25,29H,17H2,1-2H3. The van der Waals surface area contributed by atoms with Gasteiger partial charge in [-0.3, -0.25) is 9.59 Å². The van der Waals surface area contributed by atoms with Gasteiger partial charge in [0.05, 0.1) is 16.5 Å². The van der Waals surface area contributed by atoms with Gasteiger partial charge in [0.1, 0.15) is 5.69 Å². The number of rotatable bonds is 6. The average molecular weight is 485 g/mol. The molecule has 1 aromatic heterocycles. The lowest BCUT2D eigenvalue weighted by molar-refractivity contribution is 0.0974. The maximum atomic E-state index is 13.2.